The summed E-state index contributed by atoms with van der Waals surface area (Å²) < 4.78 is 0. The van der Waals surface area contributed by atoms with E-state index in [2.05, 4.69) is 61.3 Å². The van der Waals surface area contributed by atoms with Crippen LogP contribution in [0.25, 0.3) is 0 Å². The first-order valence-corrected chi connectivity index (χ1v) is 9.02. The molecule has 3 rings (SSSR count). The van der Waals surface area contributed by atoms with Gasteiger partial charge in [-0.15, -0.1) is 0 Å². The van der Waals surface area contributed by atoms with Gasteiger partial charge in [0.2, 0.25) is 0 Å². The molecule has 0 unspecified atom stereocenters. The van der Waals surface area contributed by atoms with Crippen molar-refractivity contribution in [3.63, 3.8) is 0 Å². The monoisotopic (exact) mass is 411 g/mol. The minimum atomic E-state index is -0.293. The van der Waals surface area contributed by atoms with Gasteiger partial charge in [-0.25, -0.2) is 0 Å². The first-order valence-electron chi connectivity index (χ1n) is 6.45. The SMILES string of the molecule is C[Si](C)=CCC1=NC2=CC=CC2=C1C1C=CC=C1.[Cl-].[Cl-].[Zr+2]. The number of hydrogen-bond acceptors (Lipinski definition) is 1. The van der Waals surface area contributed by atoms with Crippen molar-refractivity contribution in [3.8, 4) is 0 Å². The molecule has 0 N–H and O–H groups in total. The van der Waals surface area contributed by atoms with Gasteiger partial charge in [-0.3, -0.25) is 4.99 Å². The zero-order valence-electron chi connectivity index (χ0n) is 12.1. The summed E-state index contributed by atoms with van der Waals surface area (Å²) >= 11 is 0. The van der Waals surface area contributed by atoms with Gasteiger partial charge in [0.25, 0.3) is 0 Å². The van der Waals surface area contributed by atoms with Gasteiger partial charge in [0.1, 0.15) is 0 Å². The molecule has 0 atom stereocenters. The number of halogens is 2. The van der Waals surface area contributed by atoms with E-state index < -0.39 is 0 Å². The molecule has 0 fully saturated rings. The average molecular weight is 414 g/mol. The summed E-state index contributed by atoms with van der Waals surface area (Å²) in [5.41, 5.74) is 7.62. The summed E-state index contributed by atoms with van der Waals surface area (Å²) in [6.07, 6.45) is 16.2. The summed E-state index contributed by atoms with van der Waals surface area (Å²) in [5, 5.41) is 0. The molecule has 0 spiro atoms. The Morgan fingerprint density at radius 3 is 2.43 bits per heavy atom. The van der Waals surface area contributed by atoms with E-state index in [-0.39, 0.29) is 59.4 Å². The van der Waals surface area contributed by atoms with Crippen LogP contribution in [-0.4, -0.2) is 19.8 Å². The van der Waals surface area contributed by atoms with Crippen molar-refractivity contribution in [1.82, 2.24) is 0 Å². The maximum absolute atomic E-state index is 4.81. The Morgan fingerprint density at radius 2 is 1.81 bits per heavy atom. The molecular formula is C16H17Cl2NSiZr. The predicted molar refractivity (Wildman–Crippen MR) is 81.6 cm³/mol. The Kier molecular flexibility index (Phi) is 9.11. The van der Waals surface area contributed by atoms with Crippen LogP contribution >= 0.6 is 0 Å². The number of rotatable bonds is 3. The Labute approximate surface area is 159 Å². The van der Waals surface area contributed by atoms with E-state index in [1.165, 1.54) is 16.9 Å². The van der Waals surface area contributed by atoms with Crippen LogP contribution in [0.1, 0.15) is 6.42 Å². The molecule has 2 aliphatic carbocycles. The molecule has 21 heavy (non-hydrogen) atoms. The van der Waals surface area contributed by atoms with Crippen molar-refractivity contribution in [2.45, 2.75) is 19.5 Å². The summed E-state index contributed by atoms with van der Waals surface area (Å²) in [6, 6.07) is 0. The number of aliphatic imine (C=N–C) groups is 1. The maximum atomic E-state index is 4.81. The van der Waals surface area contributed by atoms with Crippen molar-refractivity contribution >= 4 is 19.8 Å². The third-order valence-corrected chi connectivity index (χ3v) is 4.46. The second-order valence-corrected chi connectivity index (χ2v) is 7.64. The summed E-state index contributed by atoms with van der Waals surface area (Å²) in [7, 11) is -0.293. The standard InChI is InChI=1S/C16H17NSi.2ClH.Zr/c1-18(2)11-10-15-16(12-6-3-4-7-12)13-8-5-9-14(13)17-15;;;/h3-9,11-12H,10H2,1-2H3;2*1H;/q;;;+2/p-2. The van der Waals surface area contributed by atoms with Gasteiger partial charge in [0.05, 0.1) is 5.70 Å². The van der Waals surface area contributed by atoms with Gasteiger partial charge in [-0.2, -0.15) is 0 Å². The molecule has 108 valence electrons. The van der Waals surface area contributed by atoms with Crippen LogP contribution in [0, 0.1) is 5.92 Å². The molecule has 0 aromatic heterocycles. The van der Waals surface area contributed by atoms with E-state index in [4.69, 9.17) is 4.99 Å². The minimum Gasteiger partial charge on any atom is -1.00 e. The number of allylic oxidation sites excluding steroid dienone is 8. The third-order valence-electron chi connectivity index (χ3n) is 3.43. The first kappa shape index (κ1) is 20.9. The first-order chi connectivity index (χ1) is 8.75. The van der Waals surface area contributed by atoms with E-state index >= 15 is 0 Å². The van der Waals surface area contributed by atoms with Gasteiger partial charge in [0, 0.05) is 23.6 Å². The van der Waals surface area contributed by atoms with Crippen LogP contribution < -0.4 is 24.8 Å². The van der Waals surface area contributed by atoms with Crippen molar-refractivity contribution in [2.75, 3.05) is 0 Å². The zero-order chi connectivity index (χ0) is 12.5. The van der Waals surface area contributed by atoms with Crippen molar-refractivity contribution < 1.29 is 51.0 Å². The molecule has 3 aliphatic rings. The fraction of sp³-hybridized carbons (Fsp3) is 0.250. The second kappa shape index (κ2) is 9.15. The normalized spacial score (nSPS) is 17.6. The van der Waals surface area contributed by atoms with Crippen LogP contribution in [0.3, 0.4) is 0 Å². The van der Waals surface area contributed by atoms with E-state index in [9.17, 15) is 0 Å². The predicted octanol–water partition coefficient (Wildman–Crippen LogP) is -2.53. The molecule has 5 heteroatoms. The van der Waals surface area contributed by atoms with Gasteiger partial charge >= 0.3 is 26.2 Å². The van der Waals surface area contributed by atoms with Crippen LogP contribution in [0.4, 0.5) is 0 Å². The van der Waals surface area contributed by atoms with Gasteiger partial charge in [-0.1, -0.05) is 55.2 Å². The summed E-state index contributed by atoms with van der Waals surface area (Å²) in [5.74, 6) is 0.421. The topological polar surface area (TPSA) is 12.4 Å². The van der Waals surface area contributed by atoms with Crippen molar-refractivity contribution in [1.29, 1.82) is 0 Å². The Hall–Kier alpha value is -0.0800. The fourth-order valence-electron chi connectivity index (χ4n) is 2.55. The van der Waals surface area contributed by atoms with E-state index in [0.29, 0.717) is 5.92 Å². The van der Waals surface area contributed by atoms with Crippen molar-refractivity contribution in [3.05, 3.63) is 59.4 Å². The fourth-order valence-corrected chi connectivity index (χ4v) is 3.15. The van der Waals surface area contributed by atoms with E-state index in [1.54, 1.807) is 0 Å². The summed E-state index contributed by atoms with van der Waals surface area (Å²) in [4.78, 5) is 4.81. The quantitative estimate of drug-likeness (QED) is 0.453. The zero-order valence-corrected chi connectivity index (χ0v) is 17.1. The Balaban J connectivity index is 0.00000133. The minimum absolute atomic E-state index is 0. The van der Waals surface area contributed by atoms with Crippen molar-refractivity contribution in [2.24, 2.45) is 10.9 Å². The number of nitrogens with zero attached hydrogens (tertiary/aromatic N) is 1. The number of hydrogen-bond donors (Lipinski definition) is 0. The molecule has 1 nitrogen and oxygen atoms in total. The van der Waals surface area contributed by atoms with Crippen LogP contribution in [0.2, 0.25) is 13.1 Å². The molecule has 0 amide bonds. The third kappa shape index (κ3) is 4.45. The molecule has 0 bridgehead atoms. The Bertz CT molecular complexity index is 594. The van der Waals surface area contributed by atoms with Crippen LogP contribution in [0.5, 0.6) is 0 Å². The smallest absolute Gasteiger partial charge is 1.00 e. The maximum Gasteiger partial charge on any atom is 2.00 e. The molecule has 1 aliphatic heterocycles. The molecule has 0 aromatic carbocycles. The largest absolute Gasteiger partial charge is 2.00 e. The van der Waals surface area contributed by atoms with Crippen LogP contribution in [0.15, 0.2) is 64.4 Å². The van der Waals surface area contributed by atoms with Gasteiger partial charge in [-0.05, 0) is 20.1 Å². The molecule has 0 saturated carbocycles. The summed E-state index contributed by atoms with van der Waals surface area (Å²) in [6.45, 7) is 4.64. The van der Waals surface area contributed by atoms with Gasteiger partial charge < -0.3 is 24.8 Å². The number of fused-ring (bicyclic) bond motifs is 1. The molecule has 1 heterocycles. The molecule has 0 aromatic rings. The molecule has 0 saturated heterocycles. The Morgan fingerprint density at radius 1 is 1.14 bits per heavy atom. The average Bonchev–Trinajstić information content (AvgIpc) is 3.01. The van der Waals surface area contributed by atoms with E-state index in [0.717, 1.165) is 12.1 Å². The van der Waals surface area contributed by atoms with E-state index in [1.807, 2.05) is 0 Å². The molecule has 0 radical (unpaired) electrons. The van der Waals surface area contributed by atoms with Gasteiger partial charge in [0.15, 0.2) is 0 Å². The second-order valence-electron chi connectivity index (χ2n) is 5.08. The van der Waals surface area contributed by atoms with Crippen LogP contribution in [-0.2, 0) is 26.2 Å². The molecular weight excluding hydrogens is 396 g/mol.